The third-order valence-corrected chi connectivity index (χ3v) is 2.59. The van der Waals surface area contributed by atoms with E-state index in [2.05, 4.69) is 61.9 Å². The largest absolute Gasteiger partial charge is 0.377 e. The minimum absolute atomic E-state index is 0.586. The van der Waals surface area contributed by atoms with Crippen molar-refractivity contribution in [2.75, 3.05) is 25.1 Å². The van der Waals surface area contributed by atoms with Crippen molar-refractivity contribution in [3.8, 4) is 11.8 Å². The van der Waals surface area contributed by atoms with E-state index in [1.807, 2.05) is 6.92 Å². The smallest absolute Gasteiger partial charge is 0.0791 e. The van der Waals surface area contributed by atoms with Crippen LogP contribution in [0.1, 0.15) is 26.3 Å². The van der Waals surface area contributed by atoms with E-state index in [9.17, 15) is 0 Å². The lowest BCUT2D eigenvalue weighted by Gasteiger charge is -2.16. The molecule has 2 heteroatoms. The van der Waals surface area contributed by atoms with Crippen molar-refractivity contribution in [3.63, 3.8) is 0 Å². The molecule has 98 valence electrons. The van der Waals surface area contributed by atoms with Crippen molar-refractivity contribution in [1.29, 1.82) is 0 Å². The SMILES string of the molecule is CC#CCN(C)c1ccc(COCC(C)C)cc1. The molecule has 1 aromatic carbocycles. The van der Waals surface area contributed by atoms with Gasteiger partial charge < -0.3 is 9.64 Å². The van der Waals surface area contributed by atoms with Gasteiger partial charge in [0.1, 0.15) is 0 Å². The van der Waals surface area contributed by atoms with Gasteiger partial charge in [0.15, 0.2) is 0 Å². The second-order valence-corrected chi connectivity index (χ2v) is 4.86. The Hall–Kier alpha value is -1.46. The average molecular weight is 245 g/mol. The van der Waals surface area contributed by atoms with Crippen molar-refractivity contribution in [1.82, 2.24) is 0 Å². The van der Waals surface area contributed by atoms with E-state index in [1.165, 1.54) is 11.3 Å². The van der Waals surface area contributed by atoms with Gasteiger partial charge in [-0.3, -0.25) is 0 Å². The molecule has 1 aromatic rings. The molecular formula is C16H23NO. The summed E-state index contributed by atoms with van der Waals surface area (Å²) in [6.07, 6.45) is 0. The summed E-state index contributed by atoms with van der Waals surface area (Å²) < 4.78 is 5.61. The highest BCUT2D eigenvalue weighted by Crippen LogP contribution is 2.14. The van der Waals surface area contributed by atoms with E-state index >= 15 is 0 Å². The zero-order valence-electron chi connectivity index (χ0n) is 11.9. The van der Waals surface area contributed by atoms with Gasteiger partial charge >= 0.3 is 0 Å². The fraction of sp³-hybridized carbons (Fsp3) is 0.500. The quantitative estimate of drug-likeness (QED) is 0.713. The van der Waals surface area contributed by atoms with Crippen LogP contribution in [-0.4, -0.2) is 20.2 Å². The number of anilines is 1. The van der Waals surface area contributed by atoms with Gasteiger partial charge in [0, 0.05) is 19.3 Å². The Morgan fingerprint density at radius 3 is 2.44 bits per heavy atom. The summed E-state index contributed by atoms with van der Waals surface area (Å²) in [5, 5.41) is 0. The van der Waals surface area contributed by atoms with Gasteiger partial charge in [-0.15, -0.1) is 5.92 Å². The molecule has 0 aliphatic carbocycles. The monoisotopic (exact) mass is 245 g/mol. The molecule has 0 unspecified atom stereocenters. The van der Waals surface area contributed by atoms with Crippen LogP contribution in [0.15, 0.2) is 24.3 Å². The van der Waals surface area contributed by atoms with Crippen LogP contribution in [0.3, 0.4) is 0 Å². The topological polar surface area (TPSA) is 12.5 Å². The second-order valence-electron chi connectivity index (χ2n) is 4.86. The highest BCUT2D eigenvalue weighted by Gasteiger charge is 2.00. The van der Waals surface area contributed by atoms with Crippen LogP contribution in [-0.2, 0) is 11.3 Å². The Balaban J connectivity index is 2.48. The van der Waals surface area contributed by atoms with Gasteiger partial charge in [-0.25, -0.2) is 0 Å². The molecule has 0 spiro atoms. The molecule has 0 fully saturated rings. The van der Waals surface area contributed by atoms with Gasteiger partial charge in [0.25, 0.3) is 0 Å². The van der Waals surface area contributed by atoms with Crippen LogP contribution in [0.4, 0.5) is 5.69 Å². The zero-order chi connectivity index (χ0) is 13.4. The van der Waals surface area contributed by atoms with Crippen LogP contribution in [0.25, 0.3) is 0 Å². The summed E-state index contributed by atoms with van der Waals surface area (Å²) in [6, 6.07) is 8.47. The molecule has 0 aromatic heterocycles. The van der Waals surface area contributed by atoms with E-state index in [0.717, 1.165) is 13.2 Å². The number of rotatable bonds is 6. The standard InChI is InChI=1S/C16H23NO/c1-5-6-11-17(4)16-9-7-15(8-10-16)13-18-12-14(2)3/h7-10,14H,11-13H2,1-4H3. The summed E-state index contributed by atoms with van der Waals surface area (Å²) in [7, 11) is 2.05. The minimum Gasteiger partial charge on any atom is -0.377 e. The Morgan fingerprint density at radius 1 is 1.22 bits per heavy atom. The van der Waals surface area contributed by atoms with E-state index in [0.29, 0.717) is 12.5 Å². The molecular weight excluding hydrogens is 222 g/mol. The number of benzene rings is 1. The Labute approximate surface area is 111 Å². The Kier molecular flexibility index (Phi) is 6.32. The third kappa shape index (κ3) is 5.25. The molecule has 0 atom stereocenters. The first kappa shape index (κ1) is 14.6. The summed E-state index contributed by atoms with van der Waals surface area (Å²) in [5.74, 6) is 6.55. The lowest BCUT2D eigenvalue weighted by Crippen LogP contribution is -2.16. The first-order valence-electron chi connectivity index (χ1n) is 6.41. The molecule has 0 bridgehead atoms. The second kappa shape index (κ2) is 7.79. The summed E-state index contributed by atoms with van der Waals surface area (Å²) >= 11 is 0. The average Bonchev–Trinajstić information content (AvgIpc) is 2.36. The molecule has 0 saturated heterocycles. The van der Waals surface area contributed by atoms with Crippen molar-refractivity contribution in [2.24, 2.45) is 5.92 Å². The van der Waals surface area contributed by atoms with Crippen LogP contribution < -0.4 is 4.90 Å². The van der Waals surface area contributed by atoms with E-state index in [-0.39, 0.29) is 0 Å². The first-order valence-corrected chi connectivity index (χ1v) is 6.41. The molecule has 1 rings (SSSR count). The van der Waals surface area contributed by atoms with E-state index in [1.54, 1.807) is 0 Å². The lowest BCUT2D eigenvalue weighted by atomic mass is 10.2. The molecule has 0 N–H and O–H groups in total. The predicted octanol–water partition coefficient (Wildman–Crippen LogP) is 3.32. The molecule has 0 amide bonds. The van der Waals surface area contributed by atoms with Crippen LogP contribution >= 0.6 is 0 Å². The van der Waals surface area contributed by atoms with Crippen LogP contribution in [0, 0.1) is 17.8 Å². The van der Waals surface area contributed by atoms with Crippen LogP contribution in [0.2, 0.25) is 0 Å². The molecule has 0 aliphatic rings. The normalized spacial score (nSPS) is 10.1. The molecule has 0 saturated carbocycles. The summed E-state index contributed by atoms with van der Waals surface area (Å²) in [6.45, 7) is 8.45. The maximum absolute atomic E-state index is 5.61. The molecule has 0 aliphatic heterocycles. The molecule has 18 heavy (non-hydrogen) atoms. The van der Waals surface area contributed by atoms with Gasteiger partial charge in [0.2, 0.25) is 0 Å². The Bertz CT molecular complexity index is 397. The molecule has 0 radical (unpaired) electrons. The number of nitrogens with zero attached hydrogens (tertiary/aromatic N) is 1. The minimum atomic E-state index is 0.586. The third-order valence-electron chi connectivity index (χ3n) is 2.59. The first-order chi connectivity index (χ1) is 8.63. The number of hydrogen-bond acceptors (Lipinski definition) is 2. The molecule has 0 heterocycles. The zero-order valence-corrected chi connectivity index (χ0v) is 11.9. The number of hydrogen-bond donors (Lipinski definition) is 0. The van der Waals surface area contributed by atoms with Crippen molar-refractivity contribution in [2.45, 2.75) is 27.4 Å². The van der Waals surface area contributed by atoms with Crippen molar-refractivity contribution < 1.29 is 4.74 Å². The summed E-state index contributed by atoms with van der Waals surface area (Å²) in [4.78, 5) is 2.13. The van der Waals surface area contributed by atoms with E-state index < -0.39 is 0 Å². The van der Waals surface area contributed by atoms with Gasteiger partial charge in [-0.1, -0.05) is 31.9 Å². The number of ether oxygens (including phenoxy) is 1. The van der Waals surface area contributed by atoms with Crippen molar-refractivity contribution >= 4 is 5.69 Å². The maximum atomic E-state index is 5.61. The highest BCUT2D eigenvalue weighted by atomic mass is 16.5. The highest BCUT2D eigenvalue weighted by molar-refractivity contribution is 5.47. The summed E-state index contributed by atoms with van der Waals surface area (Å²) in [5.41, 5.74) is 2.40. The fourth-order valence-electron chi connectivity index (χ4n) is 1.55. The molecule has 2 nitrogen and oxygen atoms in total. The van der Waals surface area contributed by atoms with Crippen molar-refractivity contribution in [3.05, 3.63) is 29.8 Å². The van der Waals surface area contributed by atoms with Gasteiger partial charge in [0.05, 0.1) is 13.2 Å². The van der Waals surface area contributed by atoms with E-state index in [4.69, 9.17) is 4.74 Å². The Morgan fingerprint density at radius 2 is 1.89 bits per heavy atom. The van der Waals surface area contributed by atoms with Gasteiger partial charge in [-0.05, 0) is 30.5 Å². The predicted molar refractivity (Wildman–Crippen MR) is 77.7 cm³/mol. The fourth-order valence-corrected chi connectivity index (χ4v) is 1.55. The van der Waals surface area contributed by atoms with Crippen LogP contribution in [0.5, 0.6) is 0 Å². The van der Waals surface area contributed by atoms with Gasteiger partial charge in [-0.2, -0.15) is 0 Å². The maximum Gasteiger partial charge on any atom is 0.0791 e. The lowest BCUT2D eigenvalue weighted by molar-refractivity contribution is 0.0971.